The molecule has 120 valence electrons. The fourth-order valence-corrected chi connectivity index (χ4v) is 2.85. The number of aliphatic imine (C=N–C) groups is 1. The van der Waals surface area contributed by atoms with E-state index in [1.807, 2.05) is 0 Å². The molecule has 1 saturated heterocycles. The van der Waals surface area contributed by atoms with E-state index in [1.165, 1.54) is 18.2 Å². The second-order valence-corrected chi connectivity index (χ2v) is 5.75. The van der Waals surface area contributed by atoms with Crippen molar-refractivity contribution in [2.45, 2.75) is 11.7 Å². The normalized spacial score (nSPS) is 18.5. The Bertz CT molecular complexity index is 689. The molecule has 1 atom stereocenters. The molecule has 0 radical (unpaired) electrons. The van der Waals surface area contributed by atoms with Gasteiger partial charge in [0.05, 0.1) is 11.5 Å². The number of nitro groups is 1. The second-order valence-electron chi connectivity index (χ2n) is 4.56. The Morgan fingerprint density at radius 1 is 1.52 bits per heavy atom. The van der Waals surface area contributed by atoms with Crippen LogP contribution in [-0.4, -0.2) is 33.7 Å². The number of amidine groups is 1. The van der Waals surface area contributed by atoms with Crippen molar-refractivity contribution >= 4 is 40.1 Å². The minimum atomic E-state index is -0.610. The lowest BCUT2D eigenvalue weighted by Crippen LogP contribution is -2.28. The van der Waals surface area contributed by atoms with Crippen LogP contribution in [0.2, 0.25) is 0 Å². The highest BCUT2D eigenvalue weighted by Gasteiger charge is 2.32. The van der Waals surface area contributed by atoms with Crippen molar-refractivity contribution in [2.75, 3.05) is 11.9 Å². The molecule has 8 nitrogen and oxygen atoms in total. The molecule has 0 aliphatic carbocycles. The number of carbonyl (C=O) groups is 2. The van der Waals surface area contributed by atoms with Crippen LogP contribution < -0.4 is 10.6 Å². The van der Waals surface area contributed by atoms with Gasteiger partial charge in [0.2, 0.25) is 11.8 Å². The van der Waals surface area contributed by atoms with E-state index in [0.29, 0.717) is 11.7 Å². The number of para-hydroxylation sites is 2. The van der Waals surface area contributed by atoms with Crippen LogP contribution in [0.1, 0.15) is 6.42 Å². The van der Waals surface area contributed by atoms with E-state index in [4.69, 9.17) is 0 Å². The van der Waals surface area contributed by atoms with Gasteiger partial charge in [0.15, 0.2) is 5.17 Å². The lowest BCUT2D eigenvalue weighted by molar-refractivity contribution is -0.383. The maximum atomic E-state index is 12.0. The van der Waals surface area contributed by atoms with Gasteiger partial charge < -0.3 is 10.6 Å². The fraction of sp³-hybridized carbons (Fsp3) is 0.214. The lowest BCUT2D eigenvalue weighted by Gasteiger charge is -2.07. The van der Waals surface area contributed by atoms with Crippen LogP contribution >= 0.6 is 11.8 Å². The van der Waals surface area contributed by atoms with Gasteiger partial charge >= 0.3 is 0 Å². The van der Waals surface area contributed by atoms with Crippen LogP contribution in [0.4, 0.5) is 11.4 Å². The van der Waals surface area contributed by atoms with Crippen molar-refractivity contribution in [3.8, 4) is 0 Å². The van der Waals surface area contributed by atoms with Crippen molar-refractivity contribution in [1.82, 2.24) is 5.32 Å². The number of hydrogen-bond donors (Lipinski definition) is 2. The molecule has 0 aromatic heterocycles. The molecular formula is C14H14N4O4S. The third-order valence-electron chi connectivity index (χ3n) is 2.89. The van der Waals surface area contributed by atoms with E-state index in [9.17, 15) is 19.7 Å². The highest BCUT2D eigenvalue weighted by Crippen LogP contribution is 2.26. The summed E-state index contributed by atoms with van der Waals surface area (Å²) in [5, 5.41) is 15.8. The summed E-state index contributed by atoms with van der Waals surface area (Å²) >= 11 is 1.15. The van der Waals surface area contributed by atoms with Gasteiger partial charge in [0.1, 0.15) is 10.9 Å². The van der Waals surface area contributed by atoms with Gasteiger partial charge in [-0.1, -0.05) is 30.0 Å². The highest BCUT2D eigenvalue weighted by atomic mass is 32.2. The fourth-order valence-electron chi connectivity index (χ4n) is 1.87. The number of benzene rings is 1. The summed E-state index contributed by atoms with van der Waals surface area (Å²) in [5.74, 6) is -0.785. The molecule has 1 aromatic rings. The maximum Gasteiger partial charge on any atom is 0.292 e. The largest absolute Gasteiger partial charge is 0.320 e. The molecule has 1 heterocycles. The van der Waals surface area contributed by atoms with Crippen molar-refractivity contribution in [1.29, 1.82) is 0 Å². The molecule has 2 amide bonds. The van der Waals surface area contributed by atoms with Crippen LogP contribution in [0.25, 0.3) is 0 Å². The van der Waals surface area contributed by atoms with Crippen LogP contribution in [0, 0.1) is 10.1 Å². The Labute approximate surface area is 136 Å². The van der Waals surface area contributed by atoms with Gasteiger partial charge in [-0.3, -0.25) is 24.7 Å². The van der Waals surface area contributed by atoms with Gasteiger partial charge in [-0.05, 0) is 6.07 Å². The van der Waals surface area contributed by atoms with Crippen molar-refractivity contribution < 1.29 is 14.5 Å². The predicted octanol–water partition coefficient (Wildman–Crippen LogP) is 1.70. The molecule has 1 aliphatic heterocycles. The molecule has 2 rings (SSSR count). The summed E-state index contributed by atoms with van der Waals surface area (Å²) in [6.45, 7) is 3.90. The molecule has 1 fully saturated rings. The first-order chi connectivity index (χ1) is 11.0. The van der Waals surface area contributed by atoms with Gasteiger partial charge in [0.25, 0.3) is 5.69 Å². The maximum absolute atomic E-state index is 12.0. The molecular weight excluding hydrogens is 320 g/mol. The van der Waals surface area contributed by atoms with Crippen LogP contribution in [-0.2, 0) is 9.59 Å². The molecule has 2 N–H and O–H groups in total. The summed E-state index contributed by atoms with van der Waals surface area (Å²) < 4.78 is 0. The van der Waals surface area contributed by atoms with E-state index in [2.05, 4.69) is 22.2 Å². The Morgan fingerprint density at radius 2 is 2.26 bits per heavy atom. The lowest BCUT2D eigenvalue weighted by atomic mass is 10.2. The second kappa shape index (κ2) is 7.54. The van der Waals surface area contributed by atoms with E-state index in [0.717, 1.165) is 11.8 Å². The Morgan fingerprint density at radius 3 is 2.96 bits per heavy atom. The van der Waals surface area contributed by atoms with Gasteiger partial charge in [-0.15, -0.1) is 6.58 Å². The van der Waals surface area contributed by atoms with Crippen molar-refractivity contribution in [3.05, 3.63) is 47.0 Å². The van der Waals surface area contributed by atoms with E-state index in [-0.39, 0.29) is 23.7 Å². The third kappa shape index (κ3) is 4.39. The number of amides is 2. The zero-order valence-corrected chi connectivity index (χ0v) is 12.8. The Kier molecular flexibility index (Phi) is 5.47. The van der Waals surface area contributed by atoms with Crippen molar-refractivity contribution in [3.63, 3.8) is 0 Å². The molecule has 9 heteroatoms. The SMILES string of the molecule is C=CCN=C1NC(=O)C(CC(=O)Nc2ccccc2[N+](=O)[O-])S1. The average molecular weight is 334 g/mol. The van der Waals surface area contributed by atoms with Crippen LogP contribution in [0.5, 0.6) is 0 Å². The predicted molar refractivity (Wildman–Crippen MR) is 88.4 cm³/mol. The molecule has 1 aromatic carbocycles. The smallest absolute Gasteiger partial charge is 0.292 e. The Balaban J connectivity index is 1.99. The minimum Gasteiger partial charge on any atom is -0.320 e. The van der Waals surface area contributed by atoms with Gasteiger partial charge in [-0.25, -0.2) is 0 Å². The molecule has 0 bridgehead atoms. The molecule has 1 unspecified atom stereocenters. The number of hydrogen-bond acceptors (Lipinski definition) is 6. The van der Waals surface area contributed by atoms with Crippen molar-refractivity contribution in [2.24, 2.45) is 4.99 Å². The number of nitrogens with one attached hydrogen (secondary N) is 2. The third-order valence-corrected chi connectivity index (χ3v) is 4.01. The summed E-state index contributed by atoms with van der Waals surface area (Å²) in [4.78, 5) is 38.2. The zero-order valence-electron chi connectivity index (χ0n) is 12.0. The number of nitrogens with zero attached hydrogens (tertiary/aromatic N) is 2. The van der Waals surface area contributed by atoms with Gasteiger partial charge in [-0.2, -0.15) is 0 Å². The highest BCUT2D eigenvalue weighted by molar-refractivity contribution is 8.15. The molecule has 23 heavy (non-hydrogen) atoms. The first-order valence-electron chi connectivity index (χ1n) is 6.67. The van der Waals surface area contributed by atoms with Crippen LogP contribution in [0.15, 0.2) is 41.9 Å². The average Bonchev–Trinajstić information content (AvgIpc) is 2.85. The Hall–Kier alpha value is -2.68. The summed E-state index contributed by atoms with van der Waals surface area (Å²) in [6.07, 6.45) is 1.49. The standard InChI is InChI=1S/C14H14N4O4S/c1-2-7-15-14-17-13(20)11(23-14)8-12(19)16-9-5-3-4-6-10(9)18(21)22/h2-6,11H,1,7-8H2,(H,16,19)(H,15,17,20). The van der Waals surface area contributed by atoms with E-state index in [1.54, 1.807) is 12.1 Å². The minimum absolute atomic E-state index is 0.102. The topological polar surface area (TPSA) is 114 Å². The summed E-state index contributed by atoms with van der Waals surface area (Å²) in [6, 6.07) is 5.83. The monoisotopic (exact) mass is 334 g/mol. The summed E-state index contributed by atoms with van der Waals surface area (Å²) in [5.41, 5.74) is -0.0935. The molecule has 0 spiro atoms. The number of carbonyl (C=O) groups excluding carboxylic acids is 2. The number of anilines is 1. The number of thioether (sulfide) groups is 1. The molecule has 1 aliphatic rings. The van der Waals surface area contributed by atoms with Gasteiger partial charge in [0, 0.05) is 12.5 Å². The number of nitro benzene ring substituents is 1. The first kappa shape index (κ1) is 16.7. The first-order valence-corrected chi connectivity index (χ1v) is 7.55. The number of rotatable bonds is 6. The molecule has 0 saturated carbocycles. The quantitative estimate of drug-likeness (QED) is 0.467. The zero-order chi connectivity index (χ0) is 16.8. The summed E-state index contributed by atoms with van der Waals surface area (Å²) in [7, 11) is 0. The van der Waals surface area contributed by atoms with E-state index >= 15 is 0 Å². The van der Waals surface area contributed by atoms with E-state index < -0.39 is 16.1 Å². The van der Waals surface area contributed by atoms with Crippen LogP contribution in [0.3, 0.4) is 0 Å².